The minimum atomic E-state index is -1.07. The number of hydrogen-bond donors (Lipinski definition) is 2. The fourth-order valence-electron chi connectivity index (χ4n) is 3.19. The highest BCUT2D eigenvalue weighted by molar-refractivity contribution is 6.08. The summed E-state index contributed by atoms with van der Waals surface area (Å²) in [6.45, 7) is 10.4. The lowest BCUT2D eigenvalue weighted by molar-refractivity contribution is 0.0698. The molecule has 0 aliphatic rings. The van der Waals surface area contributed by atoms with Crippen LogP contribution in [0.4, 0.5) is 11.5 Å². The van der Waals surface area contributed by atoms with Crippen molar-refractivity contribution in [3.63, 3.8) is 0 Å². The summed E-state index contributed by atoms with van der Waals surface area (Å²) in [5.74, 6) is -0.804. The maximum Gasteiger partial charge on any atom is 0.336 e. The van der Waals surface area contributed by atoms with Crippen LogP contribution in [0.25, 0.3) is 10.9 Å². The van der Waals surface area contributed by atoms with E-state index >= 15 is 0 Å². The van der Waals surface area contributed by atoms with Gasteiger partial charge >= 0.3 is 5.97 Å². The van der Waals surface area contributed by atoms with Crippen LogP contribution in [0.1, 0.15) is 26.3 Å². The number of amides is 1. The molecular formula is C24H23N3O3. The number of carboxylic acid groups (broad SMARTS) is 1. The van der Waals surface area contributed by atoms with Gasteiger partial charge in [0.2, 0.25) is 0 Å². The Labute approximate surface area is 175 Å². The molecule has 1 heterocycles. The second kappa shape index (κ2) is 9.05. The van der Waals surface area contributed by atoms with Crippen LogP contribution in [0.15, 0.2) is 73.8 Å². The number of anilines is 2. The first-order valence-corrected chi connectivity index (χ1v) is 9.45. The second-order valence-corrected chi connectivity index (χ2v) is 6.87. The van der Waals surface area contributed by atoms with Crippen LogP contribution in [0.5, 0.6) is 0 Å². The van der Waals surface area contributed by atoms with Gasteiger partial charge in [-0.2, -0.15) is 0 Å². The van der Waals surface area contributed by atoms with E-state index < -0.39 is 5.97 Å². The van der Waals surface area contributed by atoms with E-state index in [1.165, 1.54) is 6.07 Å². The van der Waals surface area contributed by atoms with E-state index in [9.17, 15) is 14.7 Å². The Morgan fingerprint density at radius 1 is 1.10 bits per heavy atom. The Kier molecular flexibility index (Phi) is 6.27. The number of nitrogens with zero attached hydrogens (tertiary/aromatic N) is 2. The number of rotatable bonds is 8. The molecule has 0 unspecified atom stereocenters. The van der Waals surface area contributed by atoms with Crippen LogP contribution in [0.3, 0.4) is 0 Å². The molecule has 3 rings (SSSR count). The maximum atomic E-state index is 12.5. The summed E-state index contributed by atoms with van der Waals surface area (Å²) in [6.07, 6.45) is 3.44. The van der Waals surface area contributed by atoms with E-state index in [1.807, 2.05) is 24.0 Å². The fourth-order valence-corrected chi connectivity index (χ4v) is 3.19. The molecule has 0 aliphatic carbocycles. The van der Waals surface area contributed by atoms with Crippen molar-refractivity contribution in [1.29, 1.82) is 0 Å². The molecule has 6 heteroatoms. The number of hydrogen-bond acceptors (Lipinski definition) is 4. The highest BCUT2D eigenvalue weighted by atomic mass is 16.4. The van der Waals surface area contributed by atoms with Gasteiger partial charge in [0, 0.05) is 29.7 Å². The zero-order chi connectivity index (χ0) is 21.7. The third-order valence-corrected chi connectivity index (χ3v) is 4.59. The monoisotopic (exact) mass is 401 g/mol. The number of carbonyl (C=O) groups excluding carboxylic acids is 1. The number of benzene rings is 2. The van der Waals surface area contributed by atoms with Gasteiger partial charge in [0.1, 0.15) is 5.82 Å². The summed E-state index contributed by atoms with van der Waals surface area (Å²) in [7, 11) is 0. The summed E-state index contributed by atoms with van der Waals surface area (Å²) in [4.78, 5) is 30.9. The molecule has 1 aromatic heterocycles. The van der Waals surface area contributed by atoms with Gasteiger partial charge in [-0.25, -0.2) is 9.78 Å². The van der Waals surface area contributed by atoms with Crippen molar-refractivity contribution in [3.8, 4) is 0 Å². The first kappa shape index (κ1) is 20.8. The number of carboxylic acids is 1. The molecule has 0 spiro atoms. The number of aromatic carboxylic acids is 1. The lowest BCUT2D eigenvalue weighted by atomic mass is 10.1. The van der Waals surface area contributed by atoms with Crippen LogP contribution < -0.4 is 10.2 Å². The average molecular weight is 401 g/mol. The highest BCUT2D eigenvalue weighted by Crippen LogP contribution is 2.26. The molecule has 0 aliphatic heterocycles. The molecule has 2 aromatic carbocycles. The summed E-state index contributed by atoms with van der Waals surface area (Å²) < 4.78 is 0. The van der Waals surface area contributed by atoms with Gasteiger partial charge in [0.15, 0.2) is 0 Å². The summed E-state index contributed by atoms with van der Waals surface area (Å²) in [5, 5.41) is 13.0. The summed E-state index contributed by atoms with van der Waals surface area (Å²) in [5.41, 5.74) is 2.65. The number of fused-ring (bicyclic) bond motifs is 1. The molecule has 0 saturated heterocycles. The molecule has 2 N–H and O–H groups in total. The third-order valence-electron chi connectivity index (χ3n) is 4.59. The standard InChI is InChI=1S/C24H23N3O3/c1-4-11-27(12-5-2)22-15-20(24(29)30)19-14-18(9-10-21(19)26-22)25-23(28)17-8-6-7-16(3)13-17/h4-10,13-15H,1-2,11-12H2,3H3,(H,25,28)(H,29,30). The molecular weight excluding hydrogens is 378 g/mol. The van der Waals surface area contributed by atoms with E-state index in [-0.39, 0.29) is 11.5 Å². The van der Waals surface area contributed by atoms with Crippen LogP contribution >= 0.6 is 0 Å². The van der Waals surface area contributed by atoms with Crippen molar-refractivity contribution in [1.82, 2.24) is 4.98 Å². The summed E-state index contributed by atoms with van der Waals surface area (Å²) >= 11 is 0. The quantitative estimate of drug-likeness (QED) is 0.536. The second-order valence-electron chi connectivity index (χ2n) is 6.87. The van der Waals surface area contributed by atoms with E-state index in [4.69, 9.17) is 0 Å². The van der Waals surface area contributed by atoms with Crippen molar-refractivity contribution in [3.05, 3.63) is 90.5 Å². The number of nitrogens with one attached hydrogen (secondary N) is 1. The zero-order valence-corrected chi connectivity index (χ0v) is 16.8. The fraction of sp³-hybridized carbons (Fsp3) is 0.125. The SMILES string of the molecule is C=CCN(CC=C)c1cc(C(=O)O)c2cc(NC(=O)c3cccc(C)c3)ccc2n1. The minimum absolute atomic E-state index is 0.111. The smallest absolute Gasteiger partial charge is 0.336 e. The van der Waals surface area contributed by atoms with Gasteiger partial charge in [0.05, 0.1) is 11.1 Å². The van der Waals surface area contributed by atoms with Gasteiger partial charge in [-0.1, -0.05) is 29.8 Å². The Bertz CT molecular complexity index is 1130. The molecule has 0 fully saturated rings. The Morgan fingerprint density at radius 3 is 2.47 bits per heavy atom. The largest absolute Gasteiger partial charge is 0.478 e. The van der Waals surface area contributed by atoms with Crippen molar-refractivity contribution in [2.24, 2.45) is 0 Å². The molecule has 3 aromatic rings. The van der Waals surface area contributed by atoms with Gasteiger partial charge in [-0.05, 0) is 43.3 Å². The molecule has 0 bridgehead atoms. The van der Waals surface area contributed by atoms with Crippen LogP contribution in [-0.2, 0) is 0 Å². The van der Waals surface area contributed by atoms with Gasteiger partial charge in [-0.3, -0.25) is 4.79 Å². The zero-order valence-electron chi connectivity index (χ0n) is 16.8. The van der Waals surface area contributed by atoms with Crippen molar-refractivity contribution in [2.75, 3.05) is 23.3 Å². The minimum Gasteiger partial charge on any atom is -0.478 e. The molecule has 0 saturated carbocycles. The van der Waals surface area contributed by atoms with E-state index in [0.717, 1.165) is 5.56 Å². The predicted molar refractivity (Wildman–Crippen MR) is 120 cm³/mol. The number of aryl methyl sites for hydroxylation is 1. The number of pyridine rings is 1. The van der Waals surface area contributed by atoms with Crippen molar-refractivity contribution >= 4 is 34.3 Å². The third kappa shape index (κ3) is 4.55. The van der Waals surface area contributed by atoms with Crippen molar-refractivity contribution in [2.45, 2.75) is 6.92 Å². The number of aromatic nitrogens is 1. The van der Waals surface area contributed by atoms with Gasteiger partial charge in [0.25, 0.3) is 5.91 Å². The maximum absolute atomic E-state index is 12.5. The Balaban J connectivity index is 2.00. The highest BCUT2D eigenvalue weighted by Gasteiger charge is 2.16. The average Bonchev–Trinajstić information content (AvgIpc) is 2.72. The summed E-state index contributed by atoms with van der Waals surface area (Å²) in [6, 6.07) is 13.8. The van der Waals surface area contributed by atoms with Crippen LogP contribution in [-0.4, -0.2) is 35.1 Å². The van der Waals surface area contributed by atoms with E-state index in [0.29, 0.717) is 41.1 Å². The Morgan fingerprint density at radius 2 is 1.83 bits per heavy atom. The normalized spacial score (nSPS) is 10.4. The first-order valence-electron chi connectivity index (χ1n) is 9.45. The molecule has 0 radical (unpaired) electrons. The predicted octanol–water partition coefficient (Wildman–Crippen LogP) is 4.67. The molecule has 6 nitrogen and oxygen atoms in total. The van der Waals surface area contributed by atoms with Crippen molar-refractivity contribution < 1.29 is 14.7 Å². The molecule has 152 valence electrons. The van der Waals surface area contributed by atoms with Crippen LogP contribution in [0.2, 0.25) is 0 Å². The van der Waals surface area contributed by atoms with E-state index in [2.05, 4.69) is 23.5 Å². The molecule has 30 heavy (non-hydrogen) atoms. The Hall–Kier alpha value is -3.93. The van der Waals surface area contributed by atoms with Crippen LogP contribution in [0, 0.1) is 6.92 Å². The molecule has 1 amide bonds. The lowest BCUT2D eigenvalue weighted by Crippen LogP contribution is -2.24. The number of carbonyl (C=O) groups is 2. The van der Waals surface area contributed by atoms with Gasteiger partial charge in [-0.15, -0.1) is 13.2 Å². The topological polar surface area (TPSA) is 82.5 Å². The lowest BCUT2D eigenvalue weighted by Gasteiger charge is -2.21. The molecule has 0 atom stereocenters. The van der Waals surface area contributed by atoms with E-state index in [1.54, 1.807) is 42.5 Å². The van der Waals surface area contributed by atoms with Gasteiger partial charge < -0.3 is 15.3 Å². The first-order chi connectivity index (χ1) is 14.4.